The van der Waals surface area contributed by atoms with E-state index < -0.39 is 11.8 Å². The molecular formula is C26H35N5O2. The van der Waals surface area contributed by atoms with Crippen LogP contribution in [0.3, 0.4) is 0 Å². The lowest BCUT2D eigenvalue weighted by molar-refractivity contribution is -0.146. The number of carbonyl (C=O) groups excluding carboxylic acids is 2. The van der Waals surface area contributed by atoms with Crippen molar-refractivity contribution in [3.63, 3.8) is 0 Å². The van der Waals surface area contributed by atoms with E-state index in [2.05, 4.69) is 53.4 Å². The molecule has 0 spiro atoms. The van der Waals surface area contributed by atoms with E-state index in [1.807, 2.05) is 6.92 Å². The van der Waals surface area contributed by atoms with Crippen molar-refractivity contribution in [1.29, 1.82) is 0 Å². The molecule has 0 aliphatic carbocycles. The highest BCUT2D eigenvalue weighted by molar-refractivity contribution is 6.39. The number of nitrogen functional groups attached to an aromatic ring is 1. The van der Waals surface area contributed by atoms with Crippen LogP contribution in [0, 0.1) is 12.8 Å². The standard InChI is InChI=1S/C26H35N5O2/c1-17-7-8-23(21-6-4-5-20(14-21)19-9-11-30(3)12-10-19)31(16-17)26(33)25(32)29-22-13-18(2)24(27)28-15-22/h4-6,13-15,17,19,23H,7-12,16H2,1-3H3,(H2,27,28)(H,29,32). The second-order valence-corrected chi connectivity index (χ2v) is 9.78. The third-order valence-electron chi connectivity index (χ3n) is 7.13. The molecule has 2 aliphatic heterocycles. The smallest absolute Gasteiger partial charge is 0.313 e. The number of benzene rings is 1. The Kier molecular flexibility index (Phi) is 6.98. The second-order valence-electron chi connectivity index (χ2n) is 9.78. The lowest BCUT2D eigenvalue weighted by Crippen LogP contribution is -2.46. The van der Waals surface area contributed by atoms with Crippen LogP contribution in [-0.4, -0.2) is 53.3 Å². The van der Waals surface area contributed by atoms with E-state index in [1.54, 1.807) is 11.0 Å². The molecule has 2 fully saturated rings. The molecule has 0 saturated carbocycles. The molecule has 7 heteroatoms. The minimum absolute atomic E-state index is 0.0862. The van der Waals surface area contributed by atoms with Crippen LogP contribution in [0.5, 0.6) is 0 Å². The molecular weight excluding hydrogens is 414 g/mol. The van der Waals surface area contributed by atoms with Gasteiger partial charge in [-0.15, -0.1) is 0 Å². The van der Waals surface area contributed by atoms with Gasteiger partial charge < -0.3 is 20.9 Å². The van der Waals surface area contributed by atoms with E-state index in [0.717, 1.165) is 49.9 Å². The number of anilines is 2. The first-order valence-electron chi connectivity index (χ1n) is 11.9. The number of likely N-dealkylation sites (tertiary alicyclic amines) is 2. The van der Waals surface area contributed by atoms with Gasteiger partial charge in [-0.2, -0.15) is 0 Å². The van der Waals surface area contributed by atoms with Gasteiger partial charge in [0.2, 0.25) is 0 Å². The molecule has 2 atom stereocenters. The Hall–Kier alpha value is -2.93. The van der Waals surface area contributed by atoms with Crippen LogP contribution >= 0.6 is 0 Å². The molecule has 176 valence electrons. The Morgan fingerprint density at radius 3 is 2.55 bits per heavy atom. The Labute approximate surface area is 196 Å². The third-order valence-corrected chi connectivity index (χ3v) is 7.13. The van der Waals surface area contributed by atoms with Gasteiger partial charge in [-0.1, -0.05) is 31.2 Å². The maximum atomic E-state index is 13.3. The number of pyridine rings is 1. The van der Waals surface area contributed by atoms with Gasteiger partial charge in [0.25, 0.3) is 0 Å². The Balaban J connectivity index is 1.52. The molecule has 7 nitrogen and oxygen atoms in total. The molecule has 3 heterocycles. The molecule has 2 saturated heterocycles. The van der Waals surface area contributed by atoms with Crippen molar-refractivity contribution < 1.29 is 9.59 Å². The van der Waals surface area contributed by atoms with Crippen LogP contribution in [0.4, 0.5) is 11.5 Å². The number of aromatic nitrogens is 1. The first kappa shape index (κ1) is 23.2. The van der Waals surface area contributed by atoms with Crippen molar-refractivity contribution in [3.05, 3.63) is 53.2 Å². The van der Waals surface area contributed by atoms with Crippen molar-refractivity contribution in [2.45, 2.75) is 51.5 Å². The number of nitrogens with zero attached hydrogens (tertiary/aromatic N) is 3. The SMILES string of the molecule is Cc1cc(NC(=O)C(=O)N2CC(C)CCC2c2cccc(C3CCN(C)CC3)c2)cnc1N. The number of amides is 2. The summed E-state index contributed by atoms with van der Waals surface area (Å²) >= 11 is 0. The number of piperidine rings is 2. The van der Waals surface area contributed by atoms with Gasteiger partial charge in [-0.3, -0.25) is 9.59 Å². The highest BCUT2D eigenvalue weighted by Crippen LogP contribution is 2.36. The van der Waals surface area contributed by atoms with Gasteiger partial charge in [0.05, 0.1) is 17.9 Å². The molecule has 2 aliphatic rings. The molecule has 1 aromatic heterocycles. The van der Waals surface area contributed by atoms with E-state index in [4.69, 9.17) is 5.73 Å². The normalized spacial score (nSPS) is 22.2. The predicted octanol–water partition coefficient (Wildman–Crippen LogP) is 3.72. The minimum atomic E-state index is -0.633. The average molecular weight is 450 g/mol. The fraction of sp³-hybridized carbons (Fsp3) is 0.500. The van der Waals surface area contributed by atoms with Gasteiger partial charge in [-0.25, -0.2) is 4.98 Å². The van der Waals surface area contributed by atoms with Crippen molar-refractivity contribution in [2.24, 2.45) is 5.92 Å². The zero-order valence-corrected chi connectivity index (χ0v) is 19.9. The second kappa shape index (κ2) is 9.91. The molecule has 33 heavy (non-hydrogen) atoms. The van der Waals surface area contributed by atoms with Gasteiger partial charge in [0.1, 0.15) is 5.82 Å². The molecule has 1 aromatic carbocycles. The van der Waals surface area contributed by atoms with Crippen LogP contribution in [0.15, 0.2) is 36.5 Å². The molecule has 4 rings (SSSR count). The maximum absolute atomic E-state index is 13.3. The summed E-state index contributed by atoms with van der Waals surface area (Å²) in [6.07, 6.45) is 5.69. The summed E-state index contributed by atoms with van der Waals surface area (Å²) in [7, 11) is 2.17. The van der Waals surface area contributed by atoms with Gasteiger partial charge >= 0.3 is 11.8 Å². The van der Waals surface area contributed by atoms with E-state index in [1.165, 1.54) is 11.8 Å². The molecule has 2 amide bonds. The van der Waals surface area contributed by atoms with Crippen molar-refractivity contribution in [2.75, 3.05) is 37.7 Å². The zero-order valence-electron chi connectivity index (χ0n) is 19.9. The number of aryl methyl sites for hydroxylation is 1. The Morgan fingerprint density at radius 2 is 1.82 bits per heavy atom. The van der Waals surface area contributed by atoms with Crippen molar-refractivity contribution in [1.82, 2.24) is 14.8 Å². The quantitative estimate of drug-likeness (QED) is 0.697. The average Bonchev–Trinajstić information content (AvgIpc) is 2.81. The van der Waals surface area contributed by atoms with Crippen LogP contribution in [0.1, 0.15) is 61.3 Å². The maximum Gasteiger partial charge on any atom is 0.313 e. The number of rotatable bonds is 3. The fourth-order valence-electron chi connectivity index (χ4n) is 5.05. The van der Waals surface area contributed by atoms with Crippen LogP contribution in [0.2, 0.25) is 0 Å². The van der Waals surface area contributed by atoms with E-state index in [0.29, 0.717) is 29.9 Å². The molecule has 3 N–H and O–H groups in total. The van der Waals surface area contributed by atoms with E-state index >= 15 is 0 Å². The lowest BCUT2D eigenvalue weighted by Gasteiger charge is -2.39. The summed E-state index contributed by atoms with van der Waals surface area (Å²) in [6, 6.07) is 10.3. The molecule has 2 unspecified atom stereocenters. The number of nitrogens with two attached hydrogens (primary N) is 1. The number of hydrogen-bond donors (Lipinski definition) is 2. The lowest BCUT2D eigenvalue weighted by atomic mass is 9.85. The largest absolute Gasteiger partial charge is 0.383 e. The number of hydrogen-bond acceptors (Lipinski definition) is 5. The molecule has 0 bridgehead atoms. The topological polar surface area (TPSA) is 91.6 Å². The Morgan fingerprint density at radius 1 is 1.09 bits per heavy atom. The molecule has 2 aromatic rings. The third kappa shape index (κ3) is 5.36. The minimum Gasteiger partial charge on any atom is -0.383 e. The van der Waals surface area contributed by atoms with Crippen molar-refractivity contribution >= 4 is 23.3 Å². The van der Waals surface area contributed by atoms with Crippen molar-refractivity contribution in [3.8, 4) is 0 Å². The Bertz CT molecular complexity index is 1020. The van der Waals surface area contributed by atoms with Gasteiger partial charge in [-0.05, 0) is 87.3 Å². The zero-order chi connectivity index (χ0) is 23.5. The first-order valence-corrected chi connectivity index (χ1v) is 11.9. The van der Waals surface area contributed by atoms with E-state index in [-0.39, 0.29) is 6.04 Å². The monoisotopic (exact) mass is 449 g/mol. The summed E-state index contributed by atoms with van der Waals surface area (Å²) in [5.41, 5.74) is 9.48. The van der Waals surface area contributed by atoms with Gasteiger partial charge in [0.15, 0.2) is 0 Å². The van der Waals surface area contributed by atoms with E-state index in [9.17, 15) is 9.59 Å². The fourth-order valence-corrected chi connectivity index (χ4v) is 5.05. The highest BCUT2D eigenvalue weighted by atomic mass is 16.2. The highest BCUT2D eigenvalue weighted by Gasteiger charge is 2.34. The predicted molar refractivity (Wildman–Crippen MR) is 131 cm³/mol. The summed E-state index contributed by atoms with van der Waals surface area (Å²) in [5, 5.41) is 2.71. The number of carbonyl (C=O) groups is 2. The van der Waals surface area contributed by atoms with Gasteiger partial charge in [0, 0.05) is 6.54 Å². The van der Waals surface area contributed by atoms with Crippen LogP contribution in [0.25, 0.3) is 0 Å². The van der Waals surface area contributed by atoms with Crippen LogP contribution < -0.4 is 11.1 Å². The van der Waals surface area contributed by atoms with Crippen LogP contribution in [-0.2, 0) is 9.59 Å². The summed E-state index contributed by atoms with van der Waals surface area (Å²) in [6.45, 7) is 6.75. The number of nitrogens with one attached hydrogen (secondary N) is 1. The first-order chi connectivity index (χ1) is 15.8. The summed E-state index contributed by atoms with van der Waals surface area (Å²) in [4.78, 5) is 34.3. The summed E-state index contributed by atoms with van der Waals surface area (Å²) in [5.74, 6) is 0.193. The molecule has 0 radical (unpaired) electrons. The summed E-state index contributed by atoms with van der Waals surface area (Å²) < 4.78 is 0.